The molecule has 0 bridgehead atoms. The van der Waals surface area contributed by atoms with Crippen LogP contribution in [0.5, 0.6) is 0 Å². The lowest BCUT2D eigenvalue weighted by Gasteiger charge is -2.39. The molecule has 1 unspecified atom stereocenters. The Morgan fingerprint density at radius 2 is 2.11 bits per heavy atom. The predicted molar refractivity (Wildman–Crippen MR) is 68.1 cm³/mol. The summed E-state index contributed by atoms with van der Waals surface area (Å²) in [5.74, 6) is 0.0554. The summed E-state index contributed by atoms with van der Waals surface area (Å²) in [6, 6.07) is 10.3. The Kier molecular flexibility index (Phi) is 2.45. The Labute approximate surface area is 106 Å². The lowest BCUT2D eigenvalue weighted by molar-refractivity contribution is -0.131. The maximum absolute atomic E-state index is 12.1. The summed E-state index contributed by atoms with van der Waals surface area (Å²) in [4.78, 5) is 13.8. The SMILES string of the molecule is N#CC12CCCCC(=O)N1C=Cc1ccccc12. The highest BCUT2D eigenvalue weighted by molar-refractivity contribution is 5.82. The van der Waals surface area contributed by atoms with Crippen LogP contribution < -0.4 is 0 Å². The quantitative estimate of drug-likeness (QED) is 0.697. The zero-order valence-corrected chi connectivity index (χ0v) is 10.1. The van der Waals surface area contributed by atoms with Crippen LogP contribution in [-0.4, -0.2) is 10.8 Å². The van der Waals surface area contributed by atoms with Crippen molar-refractivity contribution in [3.63, 3.8) is 0 Å². The smallest absolute Gasteiger partial charge is 0.228 e. The van der Waals surface area contributed by atoms with Crippen molar-refractivity contribution in [2.75, 3.05) is 0 Å². The third-order valence-electron chi connectivity index (χ3n) is 3.85. The number of carbonyl (C=O) groups excluding carboxylic acids is 1. The summed E-state index contributed by atoms with van der Waals surface area (Å²) in [5.41, 5.74) is 1.22. The molecule has 0 aliphatic carbocycles. The van der Waals surface area contributed by atoms with E-state index in [2.05, 4.69) is 6.07 Å². The average Bonchev–Trinajstić information content (AvgIpc) is 2.59. The van der Waals surface area contributed by atoms with Crippen LogP contribution in [0.15, 0.2) is 30.5 Å². The molecule has 90 valence electrons. The van der Waals surface area contributed by atoms with Crippen molar-refractivity contribution in [3.8, 4) is 6.07 Å². The highest BCUT2D eigenvalue weighted by Crippen LogP contribution is 2.41. The first-order valence-corrected chi connectivity index (χ1v) is 6.29. The molecule has 0 aromatic heterocycles. The van der Waals surface area contributed by atoms with Gasteiger partial charge in [-0.3, -0.25) is 9.69 Å². The second-order valence-electron chi connectivity index (χ2n) is 4.85. The van der Waals surface area contributed by atoms with E-state index in [4.69, 9.17) is 0 Å². The van der Waals surface area contributed by atoms with Crippen LogP contribution in [0.4, 0.5) is 0 Å². The van der Waals surface area contributed by atoms with Crippen molar-refractivity contribution in [2.24, 2.45) is 0 Å². The van der Waals surface area contributed by atoms with Crippen LogP contribution in [0.25, 0.3) is 6.08 Å². The molecule has 0 spiro atoms. The lowest BCUT2D eigenvalue weighted by Crippen LogP contribution is -2.46. The maximum atomic E-state index is 12.1. The normalized spacial score (nSPS) is 25.9. The molecule has 1 aromatic carbocycles. The molecule has 2 heterocycles. The summed E-state index contributed by atoms with van der Waals surface area (Å²) in [6.45, 7) is 0. The van der Waals surface area contributed by atoms with Gasteiger partial charge in [0.1, 0.15) is 0 Å². The first kappa shape index (κ1) is 11.0. The maximum Gasteiger partial charge on any atom is 0.228 e. The van der Waals surface area contributed by atoms with Crippen molar-refractivity contribution < 1.29 is 4.79 Å². The number of amides is 1. The molecular weight excluding hydrogens is 224 g/mol. The van der Waals surface area contributed by atoms with E-state index in [1.54, 1.807) is 11.1 Å². The fraction of sp³-hybridized carbons (Fsp3) is 0.333. The molecule has 1 saturated heterocycles. The largest absolute Gasteiger partial charge is 0.296 e. The zero-order valence-electron chi connectivity index (χ0n) is 10.1. The second kappa shape index (κ2) is 3.99. The molecule has 2 aliphatic heterocycles. The van der Waals surface area contributed by atoms with Crippen molar-refractivity contribution in [2.45, 2.75) is 31.2 Å². The molecular formula is C15H14N2O. The minimum atomic E-state index is -0.793. The number of nitrogens with zero attached hydrogens (tertiary/aromatic N) is 2. The molecule has 18 heavy (non-hydrogen) atoms. The van der Waals surface area contributed by atoms with Crippen LogP contribution in [0.2, 0.25) is 0 Å². The molecule has 3 heteroatoms. The molecule has 0 radical (unpaired) electrons. The van der Waals surface area contributed by atoms with Gasteiger partial charge in [0.25, 0.3) is 0 Å². The molecule has 1 aromatic rings. The Hall–Kier alpha value is -2.08. The van der Waals surface area contributed by atoms with E-state index in [1.165, 1.54) is 0 Å². The minimum absolute atomic E-state index is 0.0554. The minimum Gasteiger partial charge on any atom is -0.296 e. The highest BCUT2D eigenvalue weighted by atomic mass is 16.2. The molecule has 0 N–H and O–H groups in total. The molecule has 1 amide bonds. The predicted octanol–water partition coefficient (Wildman–Crippen LogP) is 2.79. The number of carbonyl (C=O) groups is 1. The number of rotatable bonds is 0. The number of nitriles is 1. The van der Waals surface area contributed by atoms with E-state index in [9.17, 15) is 10.1 Å². The van der Waals surface area contributed by atoms with E-state index in [1.807, 2.05) is 30.3 Å². The zero-order chi connectivity index (χ0) is 12.6. The van der Waals surface area contributed by atoms with Crippen LogP contribution >= 0.6 is 0 Å². The van der Waals surface area contributed by atoms with Gasteiger partial charge in [-0.15, -0.1) is 0 Å². The van der Waals surface area contributed by atoms with E-state index in [-0.39, 0.29) is 5.91 Å². The van der Waals surface area contributed by atoms with Crippen molar-refractivity contribution in [1.29, 1.82) is 5.26 Å². The van der Waals surface area contributed by atoms with Gasteiger partial charge in [0.05, 0.1) is 6.07 Å². The summed E-state index contributed by atoms with van der Waals surface area (Å²) in [6.07, 6.45) is 6.74. The fourth-order valence-corrected chi connectivity index (χ4v) is 2.93. The Morgan fingerprint density at radius 1 is 1.28 bits per heavy atom. The van der Waals surface area contributed by atoms with Crippen molar-refractivity contribution in [1.82, 2.24) is 4.90 Å². The van der Waals surface area contributed by atoms with Crippen LogP contribution in [0.1, 0.15) is 36.8 Å². The number of hydrogen-bond acceptors (Lipinski definition) is 2. The Morgan fingerprint density at radius 3 is 2.94 bits per heavy atom. The monoisotopic (exact) mass is 238 g/mol. The van der Waals surface area contributed by atoms with Crippen LogP contribution in [-0.2, 0) is 10.3 Å². The molecule has 3 rings (SSSR count). The van der Waals surface area contributed by atoms with Crippen LogP contribution in [0.3, 0.4) is 0 Å². The Balaban J connectivity index is 2.23. The van der Waals surface area contributed by atoms with Crippen molar-refractivity contribution >= 4 is 12.0 Å². The van der Waals surface area contributed by atoms with Gasteiger partial charge in [-0.2, -0.15) is 5.26 Å². The standard InChI is InChI=1S/C15H14N2O/c16-11-15-9-4-3-7-14(18)17(15)10-8-12-5-1-2-6-13(12)15/h1-2,5-6,8,10H,3-4,7,9H2. The van der Waals surface area contributed by atoms with Gasteiger partial charge in [-0.1, -0.05) is 24.3 Å². The lowest BCUT2D eigenvalue weighted by atomic mass is 9.81. The molecule has 3 nitrogen and oxygen atoms in total. The third-order valence-corrected chi connectivity index (χ3v) is 3.85. The molecule has 2 aliphatic rings. The first-order valence-electron chi connectivity index (χ1n) is 6.29. The van der Waals surface area contributed by atoms with Crippen LogP contribution in [0, 0.1) is 11.3 Å². The number of hydrogen-bond donors (Lipinski definition) is 0. The average molecular weight is 238 g/mol. The van der Waals surface area contributed by atoms with Gasteiger partial charge in [0.2, 0.25) is 5.91 Å². The number of fused-ring (bicyclic) bond motifs is 3. The summed E-state index contributed by atoms with van der Waals surface area (Å²) in [7, 11) is 0. The number of benzene rings is 1. The van der Waals surface area contributed by atoms with E-state index in [0.29, 0.717) is 6.42 Å². The van der Waals surface area contributed by atoms with Gasteiger partial charge < -0.3 is 0 Å². The molecule has 1 atom stereocenters. The summed E-state index contributed by atoms with van der Waals surface area (Å²) >= 11 is 0. The topological polar surface area (TPSA) is 44.1 Å². The Bertz CT molecular complexity index is 570. The van der Waals surface area contributed by atoms with Gasteiger partial charge in [0.15, 0.2) is 5.54 Å². The molecule has 0 saturated carbocycles. The summed E-state index contributed by atoms with van der Waals surface area (Å²) < 4.78 is 0. The van der Waals surface area contributed by atoms with E-state index < -0.39 is 5.54 Å². The van der Waals surface area contributed by atoms with E-state index in [0.717, 1.165) is 30.4 Å². The third kappa shape index (κ3) is 1.39. The van der Waals surface area contributed by atoms with Gasteiger partial charge in [-0.25, -0.2) is 0 Å². The molecule has 1 fully saturated rings. The van der Waals surface area contributed by atoms with E-state index >= 15 is 0 Å². The van der Waals surface area contributed by atoms with Gasteiger partial charge in [0, 0.05) is 12.6 Å². The van der Waals surface area contributed by atoms with Crippen molar-refractivity contribution in [3.05, 3.63) is 41.6 Å². The second-order valence-corrected chi connectivity index (χ2v) is 4.85. The van der Waals surface area contributed by atoms with Gasteiger partial charge in [-0.05, 0) is 36.5 Å². The fourth-order valence-electron chi connectivity index (χ4n) is 2.93. The first-order chi connectivity index (χ1) is 8.78. The highest BCUT2D eigenvalue weighted by Gasteiger charge is 2.44. The summed E-state index contributed by atoms with van der Waals surface area (Å²) in [5, 5.41) is 9.69. The van der Waals surface area contributed by atoms with Gasteiger partial charge >= 0.3 is 0 Å².